The maximum absolute atomic E-state index is 13.0. The van der Waals surface area contributed by atoms with E-state index in [1.807, 2.05) is 51.1 Å². The highest BCUT2D eigenvalue weighted by molar-refractivity contribution is 6.13. The number of benzene rings is 3. The molecule has 3 aromatic carbocycles. The number of hydrogen-bond donors (Lipinski definition) is 1. The first-order chi connectivity index (χ1) is 12.9. The van der Waals surface area contributed by atoms with Crippen molar-refractivity contribution in [2.75, 3.05) is 11.9 Å². The van der Waals surface area contributed by atoms with Gasteiger partial charge in [-0.3, -0.25) is 4.79 Å². The largest absolute Gasteiger partial charge is 0.462 e. The van der Waals surface area contributed by atoms with E-state index >= 15 is 0 Å². The van der Waals surface area contributed by atoms with Crippen molar-refractivity contribution in [2.45, 2.75) is 27.7 Å². The summed E-state index contributed by atoms with van der Waals surface area (Å²) in [6.07, 6.45) is 0. The molecular weight excluding hydrogens is 338 g/mol. The van der Waals surface area contributed by atoms with Crippen molar-refractivity contribution in [1.29, 1.82) is 0 Å². The van der Waals surface area contributed by atoms with Crippen LogP contribution in [0.1, 0.15) is 44.3 Å². The Labute approximate surface area is 159 Å². The van der Waals surface area contributed by atoms with E-state index in [1.165, 1.54) is 0 Å². The minimum Gasteiger partial charge on any atom is -0.462 e. The molecule has 0 radical (unpaired) electrons. The van der Waals surface area contributed by atoms with Crippen LogP contribution in [0.2, 0.25) is 0 Å². The number of esters is 1. The van der Waals surface area contributed by atoms with Crippen molar-refractivity contribution < 1.29 is 14.3 Å². The lowest BCUT2D eigenvalue weighted by atomic mass is 10.00. The van der Waals surface area contributed by atoms with E-state index < -0.39 is 0 Å². The van der Waals surface area contributed by atoms with Gasteiger partial charge in [0.05, 0.1) is 12.2 Å². The summed E-state index contributed by atoms with van der Waals surface area (Å²) in [5, 5.41) is 4.97. The van der Waals surface area contributed by atoms with Gasteiger partial charge in [0.25, 0.3) is 5.91 Å². The van der Waals surface area contributed by atoms with Gasteiger partial charge in [-0.05, 0) is 73.4 Å². The lowest BCUT2D eigenvalue weighted by molar-refractivity contribution is 0.0526. The Morgan fingerprint density at radius 3 is 2.30 bits per heavy atom. The maximum Gasteiger partial charge on any atom is 0.338 e. The van der Waals surface area contributed by atoms with Crippen LogP contribution in [0.15, 0.2) is 48.5 Å². The van der Waals surface area contributed by atoms with Crippen LogP contribution in [0.25, 0.3) is 10.8 Å². The van der Waals surface area contributed by atoms with Crippen LogP contribution < -0.4 is 5.32 Å². The average Bonchev–Trinajstić information content (AvgIpc) is 2.63. The third kappa shape index (κ3) is 3.85. The summed E-state index contributed by atoms with van der Waals surface area (Å²) in [5.74, 6) is -0.517. The normalized spacial score (nSPS) is 10.7. The van der Waals surface area contributed by atoms with Crippen molar-refractivity contribution >= 4 is 28.3 Å². The first kappa shape index (κ1) is 18.6. The number of hydrogen-bond acceptors (Lipinski definition) is 3. The number of anilines is 1. The molecule has 0 atom stereocenters. The quantitative estimate of drug-likeness (QED) is 0.650. The minimum absolute atomic E-state index is 0.162. The molecule has 0 bridgehead atoms. The monoisotopic (exact) mass is 361 g/mol. The third-order valence-corrected chi connectivity index (χ3v) is 4.53. The van der Waals surface area contributed by atoms with Gasteiger partial charge in [-0.15, -0.1) is 0 Å². The summed E-state index contributed by atoms with van der Waals surface area (Å²) in [5.41, 5.74) is 4.53. The molecule has 0 aliphatic heterocycles. The fraction of sp³-hybridized carbons (Fsp3) is 0.217. The topological polar surface area (TPSA) is 55.4 Å². The van der Waals surface area contributed by atoms with E-state index in [-0.39, 0.29) is 11.9 Å². The Morgan fingerprint density at radius 1 is 0.963 bits per heavy atom. The molecule has 0 heterocycles. The van der Waals surface area contributed by atoms with Crippen LogP contribution in [0.4, 0.5) is 5.69 Å². The van der Waals surface area contributed by atoms with Gasteiger partial charge in [0.15, 0.2) is 0 Å². The zero-order valence-corrected chi connectivity index (χ0v) is 16.1. The zero-order valence-electron chi connectivity index (χ0n) is 16.1. The van der Waals surface area contributed by atoms with Crippen molar-refractivity contribution in [1.82, 2.24) is 0 Å². The zero-order chi connectivity index (χ0) is 19.6. The van der Waals surface area contributed by atoms with Crippen LogP contribution >= 0.6 is 0 Å². The van der Waals surface area contributed by atoms with Gasteiger partial charge in [0.2, 0.25) is 0 Å². The summed E-state index contributed by atoms with van der Waals surface area (Å²) >= 11 is 0. The van der Waals surface area contributed by atoms with Crippen molar-refractivity contribution in [3.05, 3.63) is 76.3 Å². The van der Waals surface area contributed by atoms with Crippen LogP contribution in [-0.2, 0) is 4.74 Å². The summed E-state index contributed by atoms with van der Waals surface area (Å²) in [4.78, 5) is 25.0. The van der Waals surface area contributed by atoms with E-state index in [0.717, 1.165) is 33.2 Å². The van der Waals surface area contributed by atoms with Crippen LogP contribution in [-0.4, -0.2) is 18.5 Å². The predicted molar refractivity (Wildman–Crippen MR) is 109 cm³/mol. The van der Waals surface area contributed by atoms with Gasteiger partial charge in [0, 0.05) is 11.3 Å². The second kappa shape index (κ2) is 7.62. The van der Waals surface area contributed by atoms with Gasteiger partial charge in [-0.1, -0.05) is 30.3 Å². The van der Waals surface area contributed by atoms with E-state index in [4.69, 9.17) is 4.74 Å². The second-order valence-electron chi connectivity index (χ2n) is 6.69. The molecule has 1 N–H and O–H groups in total. The highest BCUT2D eigenvalue weighted by atomic mass is 16.5. The number of aryl methyl sites for hydroxylation is 3. The molecule has 4 heteroatoms. The molecule has 0 unspecified atom stereocenters. The number of carbonyl (C=O) groups excluding carboxylic acids is 2. The molecule has 0 aromatic heterocycles. The molecule has 138 valence electrons. The number of amides is 1. The first-order valence-corrected chi connectivity index (χ1v) is 8.99. The Hall–Kier alpha value is -3.14. The lowest BCUT2D eigenvalue weighted by Gasteiger charge is -2.15. The molecule has 0 saturated carbocycles. The molecule has 4 nitrogen and oxygen atoms in total. The smallest absolute Gasteiger partial charge is 0.338 e. The molecule has 0 fully saturated rings. The standard InChI is InChI=1S/C23H23NO3/c1-5-27-23(26)18-12-15(3)21(16(4)13-18)24-22(25)20-11-14(2)10-17-8-6-7-9-19(17)20/h6-13H,5H2,1-4H3,(H,24,25). The fourth-order valence-corrected chi connectivity index (χ4v) is 3.32. The Bertz CT molecular complexity index is 1010. The molecule has 1 amide bonds. The van der Waals surface area contributed by atoms with E-state index in [2.05, 4.69) is 11.4 Å². The number of fused-ring (bicyclic) bond motifs is 1. The van der Waals surface area contributed by atoms with Gasteiger partial charge in [-0.25, -0.2) is 4.79 Å². The first-order valence-electron chi connectivity index (χ1n) is 8.99. The summed E-state index contributed by atoms with van der Waals surface area (Å²) in [7, 11) is 0. The van der Waals surface area contributed by atoms with E-state index in [0.29, 0.717) is 17.7 Å². The highest BCUT2D eigenvalue weighted by Gasteiger charge is 2.16. The lowest BCUT2D eigenvalue weighted by Crippen LogP contribution is -2.15. The van der Waals surface area contributed by atoms with Crippen LogP contribution in [0.5, 0.6) is 0 Å². The molecule has 27 heavy (non-hydrogen) atoms. The number of nitrogens with one attached hydrogen (secondary N) is 1. The van der Waals surface area contributed by atoms with Crippen molar-refractivity contribution in [2.24, 2.45) is 0 Å². The third-order valence-electron chi connectivity index (χ3n) is 4.53. The fourth-order valence-electron chi connectivity index (χ4n) is 3.32. The van der Waals surface area contributed by atoms with E-state index in [1.54, 1.807) is 19.1 Å². The number of carbonyl (C=O) groups is 2. The highest BCUT2D eigenvalue weighted by Crippen LogP contribution is 2.26. The predicted octanol–water partition coefficient (Wildman–Crippen LogP) is 5.19. The van der Waals surface area contributed by atoms with Crippen LogP contribution in [0, 0.1) is 20.8 Å². The van der Waals surface area contributed by atoms with Gasteiger partial charge < -0.3 is 10.1 Å². The summed E-state index contributed by atoms with van der Waals surface area (Å²) in [6, 6.07) is 15.3. The molecule has 0 saturated heterocycles. The molecule has 3 rings (SSSR count). The molecular formula is C23H23NO3. The average molecular weight is 361 g/mol. The van der Waals surface area contributed by atoms with Gasteiger partial charge in [-0.2, -0.15) is 0 Å². The van der Waals surface area contributed by atoms with E-state index in [9.17, 15) is 9.59 Å². The van der Waals surface area contributed by atoms with Crippen LogP contribution in [0.3, 0.4) is 0 Å². The Balaban J connectivity index is 1.97. The Morgan fingerprint density at radius 2 is 1.63 bits per heavy atom. The maximum atomic E-state index is 13.0. The summed E-state index contributed by atoms with van der Waals surface area (Å²) in [6.45, 7) is 7.83. The molecule has 0 spiro atoms. The second-order valence-corrected chi connectivity index (χ2v) is 6.69. The van der Waals surface area contributed by atoms with Gasteiger partial charge >= 0.3 is 5.97 Å². The van der Waals surface area contributed by atoms with Crippen molar-refractivity contribution in [3.63, 3.8) is 0 Å². The number of rotatable bonds is 4. The molecule has 0 aliphatic carbocycles. The molecule has 0 aliphatic rings. The van der Waals surface area contributed by atoms with Gasteiger partial charge in [0.1, 0.15) is 0 Å². The number of ether oxygens (including phenoxy) is 1. The summed E-state index contributed by atoms with van der Waals surface area (Å²) < 4.78 is 5.06. The minimum atomic E-state index is -0.355. The van der Waals surface area contributed by atoms with Crippen molar-refractivity contribution in [3.8, 4) is 0 Å². The molecule has 3 aromatic rings. The SMILES string of the molecule is CCOC(=O)c1cc(C)c(NC(=O)c2cc(C)cc3ccccc23)c(C)c1. The Kier molecular flexibility index (Phi) is 5.26.